The Morgan fingerprint density at radius 3 is 3.00 bits per heavy atom. The van der Waals surface area contributed by atoms with Crippen molar-refractivity contribution in [1.82, 2.24) is 4.90 Å². The number of nitrogens with zero attached hydrogens (tertiary/aromatic N) is 1. The van der Waals surface area contributed by atoms with Crippen LogP contribution in [-0.4, -0.2) is 30.2 Å². The number of amides is 1. The monoisotopic (exact) mass is 237 g/mol. The second-order valence-corrected chi connectivity index (χ2v) is 5.30. The molecule has 1 fully saturated rings. The minimum atomic E-state index is -0.124. The average Bonchev–Trinajstić information content (AvgIpc) is 2.72. The fourth-order valence-electron chi connectivity index (χ4n) is 3.24. The van der Waals surface area contributed by atoms with E-state index in [0.29, 0.717) is 24.5 Å². The van der Waals surface area contributed by atoms with E-state index in [0.717, 1.165) is 19.4 Å². The molecule has 2 aliphatic rings. The van der Waals surface area contributed by atoms with Crippen LogP contribution in [0, 0.1) is 11.8 Å². The molecule has 3 heteroatoms. The van der Waals surface area contributed by atoms with Crippen LogP contribution in [0.15, 0.2) is 11.6 Å². The molecule has 2 unspecified atom stereocenters. The Morgan fingerprint density at radius 2 is 2.35 bits per heavy atom. The number of hydrogen-bond acceptors (Lipinski definition) is 2. The minimum Gasteiger partial charge on any atom is -0.450 e. The minimum absolute atomic E-state index is 0.124. The molecule has 1 saturated heterocycles. The average molecular weight is 237 g/mol. The van der Waals surface area contributed by atoms with Gasteiger partial charge in [0.25, 0.3) is 0 Å². The molecule has 1 amide bonds. The van der Waals surface area contributed by atoms with Gasteiger partial charge in [-0.1, -0.05) is 25.5 Å². The molecular weight excluding hydrogens is 214 g/mol. The molecule has 0 N–H and O–H groups in total. The quantitative estimate of drug-likeness (QED) is 0.690. The van der Waals surface area contributed by atoms with E-state index in [1.807, 2.05) is 11.8 Å². The summed E-state index contributed by atoms with van der Waals surface area (Å²) in [5.41, 5.74) is 1.55. The van der Waals surface area contributed by atoms with Crippen LogP contribution in [0.1, 0.15) is 40.0 Å². The number of ether oxygens (including phenoxy) is 1. The van der Waals surface area contributed by atoms with Gasteiger partial charge >= 0.3 is 6.09 Å². The van der Waals surface area contributed by atoms with Crippen LogP contribution < -0.4 is 0 Å². The lowest BCUT2D eigenvalue weighted by Gasteiger charge is -2.38. The van der Waals surface area contributed by atoms with Crippen LogP contribution in [0.2, 0.25) is 0 Å². The van der Waals surface area contributed by atoms with Crippen LogP contribution in [-0.2, 0) is 4.74 Å². The standard InChI is InChI=1S/C14H23NO2/c1-4-17-14(16)15-9-5-6-12-11(10(2)3)7-8-13(12)15/h7,10,12-13H,4-6,8-9H2,1-3H3. The third-order valence-corrected chi connectivity index (χ3v) is 3.97. The van der Waals surface area contributed by atoms with Gasteiger partial charge in [0, 0.05) is 18.5 Å². The van der Waals surface area contributed by atoms with Crippen LogP contribution in [0.3, 0.4) is 0 Å². The predicted molar refractivity (Wildman–Crippen MR) is 67.8 cm³/mol. The molecule has 0 bridgehead atoms. The van der Waals surface area contributed by atoms with E-state index in [1.165, 1.54) is 6.42 Å². The van der Waals surface area contributed by atoms with Gasteiger partial charge in [0.1, 0.15) is 0 Å². The van der Waals surface area contributed by atoms with Crippen LogP contribution in [0.25, 0.3) is 0 Å². The van der Waals surface area contributed by atoms with Crippen LogP contribution >= 0.6 is 0 Å². The smallest absolute Gasteiger partial charge is 0.410 e. The van der Waals surface area contributed by atoms with E-state index in [-0.39, 0.29) is 6.09 Å². The van der Waals surface area contributed by atoms with Gasteiger partial charge in [-0.15, -0.1) is 0 Å². The molecule has 2 atom stereocenters. The van der Waals surface area contributed by atoms with Gasteiger partial charge in [0.2, 0.25) is 0 Å². The first-order valence-corrected chi connectivity index (χ1v) is 6.78. The molecule has 96 valence electrons. The van der Waals surface area contributed by atoms with Gasteiger partial charge in [-0.3, -0.25) is 0 Å². The highest BCUT2D eigenvalue weighted by Crippen LogP contribution is 2.40. The lowest BCUT2D eigenvalue weighted by molar-refractivity contribution is 0.0663. The Hall–Kier alpha value is -0.990. The summed E-state index contributed by atoms with van der Waals surface area (Å²) in [4.78, 5) is 13.8. The largest absolute Gasteiger partial charge is 0.450 e. The fraction of sp³-hybridized carbons (Fsp3) is 0.786. The van der Waals surface area contributed by atoms with E-state index in [9.17, 15) is 4.79 Å². The van der Waals surface area contributed by atoms with Crippen molar-refractivity contribution in [1.29, 1.82) is 0 Å². The van der Waals surface area contributed by atoms with Gasteiger partial charge in [-0.05, 0) is 32.1 Å². The number of piperidine rings is 1. The zero-order valence-corrected chi connectivity index (χ0v) is 11.1. The molecule has 0 aromatic heterocycles. The highest BCUT2D eigenvalue weighted by molar-refractivity contribution is 5.68. The first-order valence-electron chi connectivity index (χ1n) is 6.78. The Labute approximate surface area is 104 Å². The first kappa shape index (κ1) is 12.5. The summed E-state index contributed by atoms with van der Waals surface area (Å²) in [5.74, 6) is 1.18. The molecule has 2 rings (SSSR count). The highest BCUT2D eigenvalue weighted by Gasteiger charge is 2.39. The van der Waals surface area contributed by atoms with E-state index < -0.39 is 0 Å². The van der Waals surface area contributed by atoms with Gasteiger partial charge in [0.15, 0.2) is 0 Å². The second-order valence-electron chi connectivity index (χ2n) is 5.30. The molecule has 1 aliphatic heterocycles. The third-order valence-electron chi connectivity index (χ3n) is 3.97. The fourth-order valence-corrected chi connectivity index (χ4v) is 3.24. The molecule has 0 spiro atoms. The van der Waals surface area contributed by atoms with E-state index >= 15 is 0 Å². The van der Waals surface area contributed by atoms with Crippen LogP contribution in [0.4, 0.5) is 4.79 Å². The number of likely N-dealkylation sites (tertiary alicyclic amines) is 1. The Morgan fingerprint density at radius 1 is 1.59 bits per heavy atom. The van der Waals surface area contributed by atoms with Gasteiger partial charge < -0.3 is 9.64 Å². The maximum absolute atomic E-state index is 11.9. The topological polar surface area (TPSA) is 29.5 Å². The van der Waals surface area contributed by atoms with Crippen molar-refractivity contribution in [2.45, 2.75) is 46.1 Å². The zero-order valence-electron chi connectivity index (χ0n) is 11.1. The maximum atomic E-state index is 11.9. The Balaban J connectivity index is 2.07. The van der Waals surface area contributed by atoms with Crippen molar-refractivity contribution in [3.8, 4) is 0 Å². The van der Waals surface area contributed by atoms with Crippen molar-refractivity contribution in [2.75, 3.05) is 13.2 Å². The molecule has 3 nitrogen and oxygen atoms in total. The summed E-state index contributed by atoms with van der Waals surface area (Å²) in [7, 11) is 0. The number of rotatable bonds is 2. The van der Waals surface area contributed by atoms with Crippen molar-refractivity contribution in [3.63, 3.8) is 0 Å². The summed E-state index contributed by atoms with van der Waals surface area (Å²) < 4.78 is 5.15. The summed E-state index contributed by atoms with van der Waals surface area (Å²) in [6, 6.07) is 0.361. The van der Waals surface area contributed by atoms with E-state index in [1.54, 1.807) is 5.57 Å². The number of hydrogen-bond donors (Lipinski definition) is 0. The number of carbonyl (C=O) groups excluding carboxylic acids is 1. The van der Waals surface area contributed by atoms with Gasteiger partial charge in [-0.25, -0.2) is 4.79 Å². The van der Waals surface area contributed by atoms with E-state index in [4.69, 9.17) is 4.74 Å². The lowest BCUT2D eigenvalue weighted by Crippen LogP contribution is -2.47. The summed E-state index contributed by atoms with van der Waals surface area (Å²) >= 11 is 0. The molecule has 0 aromatic carbocycles. The zero-order chi connectivity index (χ0) is 12.4. The second kappa shape index (κ2) is 5.11. The van der Waals surface area contributed by atoms with Gasteiger partial charge in [-0.2, -0.15) is 0 Å². The van der Waals surface area contributed by atoms with Crippen molar-refractivity contribution < 1.29 is 9.53 Å². The SMILES string of the molecule is CCOC(=O)N1CCCC2C(C(C)C)=CCC21. The molecule has 1 heterocycles. The van der Waals surface area contributed by atoms with Crippen molar-refractivity contribution in [3.05, 3.63) is 11.6 Å². The van der Waals surface area contributed by atoms with Gasteiger partial charge in [0.05, 0.1) is 6.61 Å². The molecule has 0 radical (unpaired) electrons. The normalized spacial score (nSPS) is 28.0. The maximum Gasteiger partial charge on any atom is 0.410 e. The summed E-state index contributed by atoms with van der Waals surface area (Å²) in [6.07, 6.45) is 5.56. The Kier molecular flexibility index (Phi) is 3.75. The first-order chi connectivity index (χ1) is 8.15. The Bertz CT molecular complexity index is 322. The molecule has 17 heavy (non-hydrogen) atoms. The molecule has 0 saturated carbocycles. The summed E-state index contributed by atoms with van der Waals surface area (Å²) in [5, 5.41) is 0. The van der Waals surface area contributed by atoms with Crippen LogP contribution in [0.5, 0.6) is 0 Å². The third kappa shape index (κ3) is 2.33. The van der Waals surface area contributed by atoms with Crippen molar-refractivity contribution >= 4 is 6.09 Å². The predicted octanol–water partition coefficient (Wildman–Crippen LogP) is 3.21. The highest BCUT2D eigenvalue weighted by atomic mass is 16.6. The molecule has 0 aromatic rings. The lowest BCUT2D eigenvalue weighted by atomic mass is 9.83. The summed E-state index contributed by atoms with van der Waals surface area (Å²) in [6.45, 7) is 7.69. The number of carbonyl (C=O) groups is 1. The molecule has 1 aliphatic carbocycles. The van der Waals surface area contributed by atoms with E-state index in [2.05, 4.69) is 19.9 Å². The number of fused-ring (bicyclic) bond motifs is 1. The molecular formula is C14H23NO2. The van der Waals surface area contributed by atoms with Crippen molar-refractivity contribution in [2.24, 2.45) is 11.8 Å².